The molecule has 0 aromatic heterocycles. The van der Waals surface area contributed by atoms with Crippen LogP contribution in [0.15, 0.2) is 53.3 Å². The Kier molecular flexibility index (Phi) is 7.20. The number of likely N-dealkylation sites (N-methyl/N-ethyl adjacent to an activating group) is 1. The van der Waals surface area contributed by atoms with Gasteiger partial charge in [-0.2, -0.15) is 0 Å². The smallest absolute Gasteiger partial charge is 0.305 e. The SMILES string of the molecule is COC(=O)CCc1cccc(-c2ccc(O)c3c2C[C@H]2C[C@H]4[C@H](N(C)C)C(=O)C(C(N)=O)=C(O)[C@@]4(O)C(=O)C2=C3O)c1. The van der Waals surface area contributed by atoms with Crippen molar-refractivity contribution < 1.29 is 44.3 Å². The number of ether oxygens (including phenoxy) is 1. The van der Waals surface area contributed by atoms with Crippen molar-refractivity contribution in [1.82, 2.24) is 4.90 Å². The number of phenols is 1. The van der Waals surface area contributed by atoms with Crippen LogP contribution in [0.25, 0.3) is 16.9 Å². The predicted octanol–water partition coefficient (Wildman–Crippen LogP) is 1.74. The fourth-order valence-corrected chi connectivity index (χ4v) is 6.76. The number of aryl methyl sites for hydroxylation is 1. The van der Waals surface area contributed by atoms with Crippen LogP contribution in [0.3, 0.4) is 0 Å². The summed E-state index contributed by atoms with van der Waals surface area (Å²) in [7, 11) is 4.43. The maximum Gasteiger partial charge on any atom is 0.305 e. The second-order valence-electron chi connectivity index (χ2n) is 11.2. The molecular formula is C31H32N2O9. The first kappa shape index (κ1) is 29.0. The molecule has 0 aliphatic heterocycles. The van der Waals surface area contributed by atoms with Crippen molar-refractivity contribution in [2.75, 3.05) is 21.2 Å². The molecule has 6 N–H and O–H groups in total. The number of aliphatic hydroxyl groups excluding tert-OH is 2. The first-order valence-corrected chi connectivity index (χ1v) is 13.5. The molecule has 0 heterocycles. The molecule has 0 bridgehead atoms. The Morgan fingerprint density at radius 1 is 1.12 bits per heavy atom. The lowest BCUT2D eigenvalue weighted by Crippen LogP contribution is -2.65. The number of ketones is 2. The summed E-state index contributed by atoms with van der Waals surface area (Å²) < 4.78 is 4.73. The summed E-state index contributed by atoms with van der Waals surface area (Å²) in [4.78, 5) is 52.5. The molecule has 1 amide bonds. The van der Waals surface area contributed by atoms with E-state index in [2.05, 4.69) is 0 Å². The number of carbonyl (C=O) groups is 4. The van der Waals surface area contributed by atoms with Gasteiger partial charge < -0.3 is 30.9 Å². The number of amides is 1. The lowest BCUT2D eigenvalue weighted by atomic mass is 9.57. The van der Waals surface area contributed by atoms with E-state index >= 15 is 0 Å². The number of aliphatic hydroxyl groups is 3. The van der Waals surface area contributed by atoms with Crippen LogP contribution in [-0.4, -0.2) is 81.6 Å². The third-order valence-corrected chi connectivity index (χ3v) is 8.69. The number of Topliss-reactive ketones (excluding diaryl/α,β-unsaturated/α-hetero) is 2. The van der Waals surface area contributed by atoms with Crippen molar-refractivity contribution in [2.45, 2.75) is 37.3 Å². The van der Waals surface area contributed by atoms with Gasteiger partial charge in [-0.05, 0) is 67.6 Å². The van der Waals surface area contributed by atoms with E-state index in [0.717, 1.165) is 11.1 Å². The molecule has 3 aliphatic carbocycles. The number of nitrogens with zero attached hydrogens (tertiary/aromatic N) is 1. The summed E-state index contributed by atoms with van der Waals surface area (Å²) in [6.45, 7) is 0. The van der Waals surface area contributed by atoms with Crippen molar-refractivity contribution in [3.8, 4) is 16.9 Å². The maximum absolute atomic E-state index is 14.0. The summed E-state index contributed by atoms with van der Waals surface area (Å²) in [5.41, 5.74) is 4.51. The molecule has 4 atom stereocenters. The molecule has 42 heavy (non-hydrogen) atoms. The third-order valence-electron chi connectivity index (χ3n) is 8.69. The quantitative estimate of drug-likeness (QED) is 0.250. The molecule has 11 heteroatoms. The van der Waals surface area contributed by atoms with Crippen molar-refractivity contribution in [2.24, 2.45) is 17.6 Å². The highest BCUT2D eigenvalue weighted by Gasteiger charge is 2.64. The molecule has 3 aliphatic rings. The van der Waals surface area contributed by atoms with Gasteiger partial charge in [0.15, 0.2) is 11.4 Å². The van der Waals surface area contributed by atoms with E-state index in [0.29, 0.717) is 17.5 Å². The standard InChI is InChI=1S/C31H32N2O9/c1-33(2)25-19-13-16-12-18-17(15-6-4-5-14(11-15)7-10-21(35)42-3)8-9-20(34)23(18)26(36)22(16)28(38)31(19,41)29(39)24(27(25)37)30(32)40/h4-6,8-9,11,16,19,25,34,36,39,41H,7,10,12-13H2,1-3H3,(H2,32,40)/t16-,19-,25-,31-/m0/s1. The van der Waals surface area contributed by atoms with Gasteiger partial charge in [-0.3, -0.25) is 24.1 Å². The fraction of sp³-hybridized carbons (Fsp3) is 0.355. The highest BCUT2D eigenvalue weighted by atomic mass is 16.5. The van der Waals surface area contributed by atoms with Crippen LogP contribution in [-0.2, 0) is 36.8 Å². The Balaban J connectivity index is 1.65. The molecule has 2 aromatic rings. The number of esters is 1. The minimum Gasteiger partial charge on any atom is -0.508 e. The van der Waals surface area contributed by atoms with Gasteiger partial charge >= 0.3 is 5.97 Å². The molecule has 2 aromatic carbocycles. The number of nitrogens with two attached hydrogens (primary N) is 1. The van der Waals surface area contributed by atoms with Gasteiger partial charge in [0.25, 0.3) is 5.91 Å². The van der Waals surface area contributed by atoms with E-state index in [-0.39, 0.29) is 42.1 Å². The topological polar surface area (TPSA) is 188 Å². The van der Waals surface area contributed by atoms with Crippen LogP contribution in [0.5, 0.6) is 5.75 Å². The van der Waals surface area contributed by atoms with Crippen LogP contribution in [0, 0.1) is 11.8 Å². The summed E-state index contributed by atoms with van der Waals surface area (Å²) in [5, 5.41) is 45.0. The number of benzene rings is 2. The first-order valence-electron chi connectivity index (χ1n) is 13.5. The lowest BCUT2D eigenvalue weighted by molar-refractivity contribution is -0.153. The van der Waals surface area contributed by atoms with E-state index in [1.807, 2.05) is 24.3 Å². The number of carbonyl (C=O) groups excluding carboxylic acids is 4. The Morgan fingerprint density at radius 3 is 2.48 bits per heavy atom. The number of methoxy groups -OCH3 is 1. The number of fused-ring (bicyclic) bond motifs is 3. The van der Waals surface area contributed by atoms with Crippen molar-refractivity contribution >= 4 is 29.2 Å². The van der Waals surface area contributed by atoms with Gasteiger partial charge in [-0.25, -0.2) is 0 Å². The Hall–Kier alpha value is -4.48. The number of aromatic hydroxyl groups is 1. The zero-order valence-electron chi connectivity index (χ0n) is 23.4. The normalized spacial score (nSPS) is 25.2. The van der Waals surface area contributed by atoms with Gasteiger partial charge in [-0.15, -0.1) is 0 Å². The molecule has 0 spiro atoms. The lowest BCUT2D eigenvalue weighted by Gasteiger charge is -2.50. The van der Waals surface area contributed by atoms with E-state index in [4.69, 9.17) is 10.5 Å². The second kappa shape index (κ2) is 10.4. The number of hydrogen-bond donors (Lipinski definition) is 5. The van der Waals surface area contributed by atoms with Crippen LogP contribution >= 0.6 is 0 Å². The minimum absolute atomic E-state index is 0.0000269. The summed E-state index contributed by atoms with van der Waals surface area (Å²) in [5.74, 6) is -7.28. The highest BCUT2D eigenvalue weighted by molar-refractivity contribution is 6.24. The molecular weight excluding hydrogens is 544 g/mol. The Labute approximate surface area is 241 Å². The van der Waals surface area contributed by atoms with Gasteiger partial charge in [0.1, 0.15) is 22.8 Å². The molecule has 0 unspecified atom stereocenters. The average Bonchev–Trinajstić information content (AvgIpc) is 2.93. The van der Waals surface area contributed by atoms with Crippen LogP contribution in [0.1, 0.15) is 29.5 Å². The van der Waals surface area contributed by atoms with E-state index in [1.54, 1.807) is 20.2 Å². The maximum atomic E-state index is 14.0. The number of rotatable bonds is 6. The first-order chi connectivity index (χ1) is 19.8. The van der Waals surface area contributed by atoms with Crippen molar-refractivity contribution in [3.05, 3.63) is 70.0 Å². The summed E-state index contributed by atoms with van der Waals surface area (Å²) in [6, 6.07) is 9.39. The largest absolute Gasteiger partial charge is 0.508 e. The number of phenolic OH excluding ortho intramolecular Hbond substituents is 1. The molecule has 5 rings (SSSR count). The molecule has 0 radical (unpaired) electrons. The molecule has 1 saturated carbocycles. The van der Waals surface area contributed by atoms with E-state index < -0.39 is 58.0 Å². The summed E-state index contributed by atoms with van der Waals surface area (Å²) in [6.07, 6.45) is 0.807. The van der Waals surface area contributed by atoms with E-state index in [1.165, 1.54) is 18.1 Å². The zero-order valence-corrected chi connectivity index (χ0v) is 23.4. The van der Waals surface area contributed by atoms with Crippen molar-refractivity contribution in [3.63, 3.8) is 0 Å². The monoisotopic (exact) mass is 576 g/mol. The van der Waals surface area contributed by atoms with Gasteiger partial charge in [-0.1, -0.05) is 30.3 Å². The third kappa shape index (κ3) is 4.27. The molecule has 0 saturated heterocycles. The Morgan fingerprint density at radius 2 is 1.83 bits per heavy atom. The van der Waals surface area contributed by atoms with Gasteiger partial charge in [0, 0.05) is 17.9 Å². The van der Waals surface area contributed by atoms with Gasteiger partial charge in [0.05, 0.1) is 18.7 Å². The predicted molar refractivity (Wildman–Crippen MR) is 150 cm³/mol. The zero-order chi connectivity index (χ0) is 30.7. The fourth-order valence-electron chi connectivity index (χ4n) is 6.76. The van der Waals surface area contributed by atoms with Crippen LogP contribution < -0.4 is 5.73 Å². The molecule has 11 nitrogen and oxygen atoms in total. The number of hydrogen-bond acceptors (Lipinski definition) is 10. The van der Waals surface area contributed by atoms with Gasteiger partial charge in [0.2, 0.25) is 5.78 Å². The van der Waals surface area contributed by atoms with E-state index in [9.17, 15) is 39.6 Å². The van der Waals surface area contributed by atoms with Crippen LogP contribution in [0.2, 0.25) is 0 Å². The Bertz CT molecular complexity index is 1610. The average molecular weight is 577 g/mol. The highest BCUT2D eigenvalue weighted by Crippen LogP contribution is 2.53. The van der Waals surface area contributed by atoms with Crippen LogP contribution in [0.4, 0.5) is 0 Å². The molecule has 1 fully saturated rings. The minimum atomic E-state index is -2.69. The molecule has 220 valence electrons. The number of primary amides is 1. The van der Waals surface area contributed by atoms with Crippen molar-refractivity contribution in [1.29, 1.82) is 0 Å². The second-order valence-corrected chi connectivity index (χ2v) is 11.2. The summed E-state index contributed by atoms with van der Waals surface area (Å²) >= 11 is 0.